The molecule has 1 aromatic heterocycles. The highest BCUT2D eigenvalue weighted by molar-refractivity contribution is 7.07. The van der Waals surface area contributed by atoms with Gasteiger partial charge in [0.25, 0.3) is 0 Å². The minimum Gasteiger partial charge on any atom is -0.317 e. The van der Waals surface area contributed by atoms with E-state index in [-0.39, 0.29) is 0 Å². The number of hydrogen-bond donors (Lipinski definition) is 1. The van der Waals surface area contributed by atoms with Gasteiger partial charge in [0, 0.05) is 18.6 Å². The van der Waals surface area contributed by atoms with E-state index in [2.05, 4.69) is 40.9 Å². The van der Waals surface area contributed by atoms with Crippen molar-refractivity contribution in [1.29, 1.82) is 0 Å². The topological polar surface area (TPSA) is 15.3 Å². The molecule has 0 amide bonds. The number of hydrogen-bond acceptors (Lipinski definition) is 3. The molecule has 0 bridgehead atoms. The predicted molar refractivity (Wildman–Crippen MR) is 75.5 cm³/mol. The van der Waals surface area contributed by atoms with Gasteiger partial charge in [-0.1, -0.05) is 6.92 Å². The van der Waals surface area contributed by atoms with Crippen LogP contribution in [-0.2, 0) is 6.54 Å². The molecule has 1 N–H and O–H groups in total. The van der Waals surface area contributed by atoms with E-state index in [1.807, 2.05) is 11.3 Å². The summed E-state index contributed by atoms with van der Waals surface area (Å²) in [6, 6.07) is 3.81. The Morgan fingerprint density at radius 3 is 2.94 bits per heavy atom. The van der Waals surface area contributed by atoms with Crippen LogP contribution in [0.5, 0.6) is 0 Å². The molecule has 2 rings (SSSR count). The van der Waals surface area contributed by atoms with Gasteiger partial charge in [-0.15, -0.1) is 0 Å². The lowest BCUT2D eigenvalue weighted by Crippen LogP contribution is -2.36. The van der Waals surface area contributed by atoms with E-state index in [9.17, 15) is 0 Å². The van der Waals surface area contributed by atoms with Crippen molar-refractivity contribution in [2.45, 2.75) is 51.7 Å². The van der Waals surface area contributed by atoms with Crippen molar-refractivity contribution in [2.24, 2.45) is 0 Å². The summed E-state index contributed by atoms with van der Waals surface area (Å²) in [5.74, 6) is 0. The van der Waals surface area contributed by atoms with Crippen molar-refractivity contribution >= 4 is 11.3 Å². The maximum Gasteiger partial charge on any atom is 0.0247 e. The Bertz CT molecular complexity index is 306. The first kappa shape index (κ1) is 13.1. The smallest absolute Gasteiger partial charge is 0.0247 e. The highest BCUT2D eigenvalue weighted by atomic mass is 32.1. The normalized spacial score (nSPS) is 17.6. The Morgan fingerprint density at radius 2 is 2.35 bits per heavy atom. The van der Waals surface area contributed by atoms with Crippen LogP contribution >= 0.6 is 11.3 Å². The predicted octanol–water partition coefficient (Wildman–Crippen LogP) is 3.10. The SMILES string of the molecule is CCNCCC(C)N(Cc1ccsc1)C1CC1. The summed E-state index contributed by atoms with van der Waals surface area (Å²) in [5.41, 5.74) is 1.48. The van der Waals surface area contributed by atoms with Gasteiger partial charge in [-0.05, 0) is 61.7 Å². The fourth-order valence-electron chi connectivity index (χ4n) is 2.30. The van der Waals surface area contributed by atoms with Gasteiger partial charge in [0.05, 0.1) is 0 Å². The van der Waals surface area contributed by atoms with Crippen molar-refractivity contribution in [3.8, 4) is 0 Å². The molecule has 1 aromatic rings. The van der Waals surface area contributed by atoms with E-state index >= 15 is 0 Å². The number of rotatable bonds is 8. The highest BCUT2D eigenvalue weighted by Gasteiger charge is 2.31. The summed E-state index contributed by atoms with van der Waals surface area (Å²) in [6.45, 7) is 7.92. The van der Waals surface area contributed by atoms with Crippen LogP contribution in [0.1, 0.15) is 38.7 Å². The van der Waals surface area contributed by atoms with Gasteiger partial charge in [0.2, 0.25) is 0 Å². The molecule has 0 aromatic carbocycles. The molecule has 0 spiro atoms. The van der Waals surface area contributed by atoms with Gasteiger partial charge in [-0.3, -0.25) is 4.90 Å². The van der Waals surface area contributed by atoms with E-state index in [0.717, 1.165) is 25.7 Å². The molecule has 1 atom stereocenters. The van der Waals surface area contributed by atoms with Gasteiger partial charge in [0.1, 0.15) is 0 Å². The lowest BCUT2D eigenvalue weighted by Gasteiger charge is -2.29. The number of thiophene rings is 1. The first-order valence-electron chi connectivity index (χ1n) is 6.78. The molecule has 17 heavy (non-hydrogen) atoms. The van der Waals surface area contributed by atoms with E-state index in [1.165, 1.54) is 24.8 Å². The summed E-state index contributed by atoms with van der Waals surface area (Å²) >= 11 is 1.81. The van der Waals surface area contributed by atoms with Gasteiger partial charge in [-0.25, -0.2) is 0 Å². The Morgan fingerprint density at radius 1 is 1.53 bits per heavy atom. The minimum atomic E-state index is 0.696. The third kappa shape index (κ3) is 4.09. The van der Waals surface area contributed by atoms with Crippen LogP contribution in [-0.4, -0.2) is 30.1 Å². The molecule has 0 radical (unpaired) electrons. The van der Waals surface area contributed by atoms with Gasteiger partial charge in [0.15, 0.2) is 0 Å². The highest BCUT2D eigenvalue weighted by Crippen LogP contribution is 2.31. The second kappa shape index (κ2) is 6.53. The van der Waals surface area contributed by atoms with Crippen molar-refractivity contribution in [3.05, 3.63) is 22.4 Å². The number of nitrogens with zero attached hydrogens (tertiary/aromatic N) is 1. The third-order valence-electron chi connectivity index (χ3n) is 3.52. The van der Waals surface area contributed by atoms with Crippen LogP contribution in [0.4, 0.5) is 0 Å². The molecule has 1 fully saturated rings. The molecule has 1 unspecified atom stereocenters. The molecule has 1 aliphatic rings. The minimum absolute atomic E-state index is 0.696. The quantitative estimate of drug-likeness (QED) is 0.715. The van der Waals surface area contributed by atoms with Crippen LogP contribution in [0.2, 0.25) is 0 Å². The maximum atomic E-state index is 3.43. The summed E-state index contributed by atoms with van der Waals surface area (Å²) in [6.07, 6.45) is 4.06. The number of nitrogens with one attached hydrogen (secondary N) is 1. The molecule has 1 saturated carbocycles. The third-order valence-corrected chi connectivity index (χ3v) is 4.25. The average Bonchev–Trinajstić information content (AvgIpc) is 3.03. The van der Waals surface area contributed by atoms with Crippen LogP contribution in [0.3, 0.4) is 0 Å². The van der Waals surface area contributed by atoms with Gasteiger partial charge >= 0.3 is 0 Å². The monoisotopic (exact) mass is 252 g/mol. The standard InChI is InChI=1S/C14H24N2S/c1-3-15-8-6-12(2)16(14-4-5-14)10-13-7-9-17-11-13/h7,9,11-12,14-15H,3-6,8,10H2,1-2H3. The zero-order valence-corrected chi connectivity index (χ0v) is 11.8. The molecule has 3 heteroatoms. The molecular formula is C14H24N2S. The fourth-order valence-corrected chi connectivity index (χ4v) is 2.96. The Labute approximate surface area is 109 Å². The maximum absolute atomic E-state index is 3.43. The molecule has 0 saturated heterocycles. The zero-order chi connectivity index (χ0) is 12.1. The van der Waals surface area contributed by atoms with Crippen LogP contribution in [0.25, 0.3) is 0 Å². The molecule has 1 aliphatic carbocycles. The van der Waals surface area contributed by atoms with Crippen LogP contribution in [0, 0.1) is 0 Å². The largest absolute Gasteiger partial charge is 0.317 e. The first-order valence-corrected chi connectivity index (χ1v) is 7.73. The summed E-state index contributed by atoms with van der Waals surface area (Å²) in [4.78, 5) is 2.69. The van der Waals surface area contributed by atoms with Crippen LogP contribution in [0.15, 0.2) is 16.8 Å². The molecule has 96 valence electrons. The average molecular weight is 252 g/mol. The van der Waals surface area contributed by atoms with Gasteiger partial charge < -0.3 is 5.32 Å². The summed E-state index contributed by atoms with van der Waals surface area (Å²) in [7, 11) is 0. The Kier molecular flexibility index (Phi) is 5.01. The lowest BCUT2D eigenvalue weighted by molar-refractivity contribution is 0.180. The molecule has 2 nitrogen and oxygen atoms in total. The van der Waals surface area contributed by atoms with Crippen molar-refractivity contribution in [2.75, 3.05) is 13.1 Å². The van der Waals surface area contributed by atoms with Crippen molar-refractivity contribution in [1.82, 2.24) is 10.2 Å². The van der Waals surface area contributed by atoms with E-state index in [1.54, 1.807) is 0 Å². The molecule has 1 heterocycles. The Hall–Kier alpha value is -0.380. The molecular weight excluding hydrogens is 228 g/mol. The second-order valence-electron chi connectivity index (χ2n) is 5.03. The summed E-state index contributed by atoms with van der Waals surface area (Å²) in [5, 5.41) is 7.90. The fraction of sp³-hybridized carbons (Fsp3) is 0.714. The second-order valence-corrected chi connectivity index (χ2v) is 5.81. The summed E-state index contributed by atoms with van der Waals surface area (Å²) < 4.78 is 0. The molecule has 0 aliphatic heterocycles. The van der Waals surface area contributed by atoms with Gasteiger partial charge in [-0.2, -0.15) is 11.3 Å². The van der Waals surface area contributed by atoms with E-state index in [0.29, 0.717) is 6.04 Å². The van der Waals surface area contributed by atoms with Crippen LogP contribution < -0.4 is 5.32 Å². The van der Waals surface area contributed by atoms with E-state index in [4.69, 9.17) is 0 Å². The zero-order valence-electron chi connectivity index (χ0n) is 11.0. The first-order chi connectivity index (χ1) is 8.31. The van der Waals surface area contributed by atoms with E-state index < -0.39 is 0 Å². The van der Waals surface area contributed by atoms with Crippen molar-refractivity contribution in [3.63, 3.8) is 0 Å². The Balaban J connectivity index is 1.83. The lowest BCUT2D eigenvalue weighted by atomic mass is 10.1. The van der Waals surface area contributed by atoms with Crippen molar-refractivity contribution < 1.29 is 0 Å².